The van der Waals surface area contributed by atoms with Crippen LogP contribution in [0.25, 0.3) is 11.4 Å². The van der Waals surface area contributed by atoms with E-state index in [1.54, 1.807) is 11.7 Å². The van der Waals surface area contributed by atoms with E-state index in [-0.39, 0.29) is 12.5 Å². The van der Waals surface area contributed by atoms with Crippen LogP contribution in [0.2, 0.25) is 0 Å². The van der Waals surface area contributed by atoms with Gasteiger partial charge in [-0.1, -0.05) is 26.0 Å². The fourth-order valence-corrected chi connectivity index (χ4v) is 2.94. The van der Waals surface area contributed by atoms with Crippen molar-refractivity contribution in [1.29, 1.82) is 0 Å². The molecule has 0 atom stereocenters. The van der Waals surface area contributed by atoms with Crippen molar-refractivity contribution in [3.8, 4) is 17.1 Å². The molecule has 0 radical (unpaired) electrons. The molecule has 7 heteroatoms. The van der Waals surface area contributed by atoms with Gasteiger partial charge in [-0.15, -0.1) is 0 Å². The number of anilines is 1. The zero-order valence-corrected chi connectivity index (χ0v) is 16.3. The molecular formula is C20H22N4O2S. The fraction of sp³-hybridized carbons (Fsp3) is 0.250. The first kappa shape index (κ1) is 18.8. The number of rotatable bonds is 6. The SMILES string of the molecule is COc1ccc(-c2n[nH]c(=S)n2CC(=O)Nc2cccc(C(C)C)c2)cc1. The van der Waals surface area contributed by atoms with Gasteiger partial charge in [0.05, 0.1) is 7.11 Å². The zero-order valence-electron chi connectivity index (χ0n) is 15.5. The molecule has 6 nitrogen and oxygen atoms in total. The van der Waals surface area contributed by atoms with Crippen molar-refractivity contribution in [2.75, 3.05) is 12.4 Å². The number of carbonyl (C=O) groups excluding carboxylic acids is 1. The minimum absolute atomic E-state index is 0.0720. The predicted octanol–water partition coefficient (Wildman–Crippen LogP) is 4.38. The summed E-state index contributed by atoms with van der Waals surface area (Å²) in [6.07, 6.45) is 0. The van der Waals surface area contributed by atoms with E-state index in [0.29, 0.717) is 16.5 Å². The molecule has 0 aliphatic carbocycles. The summed E-state index contributed by atoms with van der Waals surface area (Å²) < 4.78 is 7.25. The molecule has 0 saturated carbocycles. The number of aromatic nitrogens is 3. The van der Waals surface area contributed by atoms with Crippen molar-refractivity contribution >= 4 is 23.8 Å². The van der Waals surface area contributed by atoms with Crippen LogP contribution in [0.5, 0.6) is 5.75 Å². The van der Waals surface area contributed by atoms with Crippen molar-refractivity contribution in [3.05, 3.63) is 58.9 Å². The number of nitrogens with zero attached hydrogens (tertiary/aromatic N) is 2. The number of hydrogen-bond donors (Lipinski definition) is 2. The normalized spacial score (nSPS) is 10.8. The lowest BCUT2D eigenvalue weighted by Crippen LogP contribution is -2.19. The van der Waals surface area contributed by atoms with Crippen LogP contribution in [-0.2, 0) is 11.3 Å². The van der Waals surface area contributed by atoms with Gasteiger partial charge in [0, 0.05) is 11.3 Å². The molecule has 140 valence electrons. The Morgan fingerprint density at radius 3 is 2.67 bits per heavy atom. The van der Waals surface area contributed by atoms with Gasteiger partial charge in [-0.2, -0.15) is 5.10 Å². The summed E-state index contributed by atoms with van der Waals surface area (Å²) in [7, 11) is 1.61. The van der Waals surface area contributed by atoms with Crippen molar-refractivity contribution < 1.29 is 9.53 Å². The lowest BCUT2D eigenvalue weighted by atomic mass is 10.0. The van der Waals surface area contributed by atoms with Crippen LogP contribution in [0.15, 0.2) is 48.5 Å². The minimum Gasteiger partial charge on any atom is -0.497 e. The summed E-state index contributed by atoms with van der Waals surface area (Å²) in [5, 5.41) is 9.96. The summed E-state index contributed by atoms with van der Waals surface area (Å²) in [6, 6.07) is 15.3. The van der Waals surface area contributed by atoms with Crippen molar-refractivity contribution in [2.24, 2.45) is 0 Å². The van der Waals surface area contributed by atoms with E-state index in [0.717, 1.165) is 17.0 Å². The van der Waals surface area contributed by atoms with Crippen LogP contribution >= 0.6 is 12.2 Å². The maximum Gasteiger partial charge on any atom is 0.244 e. The maximum atomic E-state index is 12.6. The van der Waals surface area contributed by atoms with Gasteiger partial charge in [-0.25, -0.2) is 0 Å². The second-order valence-electron chi connectivity index (χ2n) is 6.50. The second kappa shape index (κ2) is 8.18. The Morgan fingerprint density at radius 1 is 1.26 bits per heavy atom. The quantitative estimate of drug-likeness (QED) is 0.621. The van der Waals surface area contributed by atoms with Gasteiger partial charge in [0.15, 0.2) is 10.6 Å². The van der Waals surface area contributed by atoms with Crippen LogP contribution in [0.1, 0.15) is 25.3 Å². The zero-order chi connectivity index (χ0) is 19.4. The lowest BCUT2D eigenvalue weighted by molar-refractivity contribution is -0.116. The van der Waals surface area contributed by atoms with E-state index in [1.807, 2.05) is 48.5 Å². The Morgan fingerprint density at radius 2 is 2.00 bits per heavy atom. The largest absolute Gasteiger partial charge is 0.497 e. The van der Waals surface area contributed by atoms with Crippen LogP contribution in [0.4, 0.5) is 5.69 Å². The topological polar surface area (TPSA) is 71.9 Å². The number of benzene rings is 2. The third-order valence-corrected chi connectivity index (χ3v) is 4.56. The first-order chi connectivity index (χ1) is 13.0. The molecule has 27 heavy (non-hydrogen) atoms. The molecule has 0 spiro atoms. The van der Waals surface area contributed by atoms with Gasteiger partial charge >= 0.3 is 0 Å². The standard InChI is InChI=1S/C20H22N4O2S/c1-13(2)15-5-4-6-16(11-15)21-18(25)12-24-19(22-23-20(24)27)14-7-9-17(26-3)10-8-14/h4-11,13H,12H2,1-3H3,(H,21,25)(H,23,27). The summed E-state index contributed by atoms with van der Waals surface area (Å²) in [5.74, 6) is 1.59. The molecule has 0 saturated heterocycles. The molecular weight excluding hydrogens is 360 g/mol. The highest BCUT2D eigenvalue weighted by atomic mass is 32.1. The van der Waals surface area contributed by atoms with Crippen molar-refractivity contribution in [2.45, 2.75) is 26.3 Å². The van der Waals surface area contributed by atoms with Gasteiger partial charge in [-0.05, 0) is 60.1 Å². The number of nitrogens with one attached hydrogen (secondary N) is 2. The lowest BCUT2D eigenvalue weighted by Gasteiger charge is -2.11. The van der Waals surface area contributed by atoms with Crippen LogP contribution in [-0.4, -0.2) is 27.8 Å². The highest BCUT2D eigenvalue weighted by Gasteiger charge is 2.13. The molecule has 3 aromatic rings. The van der Waals surface area contributed by atoms with E-state index < -0.39 is 0 Å². The van der Waals surface area contributed by atoms with Crippen molar-refractivity contribution in [3.63, 3.8) is 0 Å². The molecule has 0 unspecified atom stereocenters. The molecule has 1 heterocycles. The van der Waals surface area contributed by atoms with Gasteiger partial charge < -0.3 is 10.1 Å². The molecule has 2 aromatic carbocycles. The Balaban J connectivity index is 1.79. The van der Waals surface area contributed by atoms with Gasteiger partial charge in [-0.3, -0.25) is 14.5 Å². The maximum absolute atomic E-state index is 12.6. The van der Waals surface area contributed by atoms with Gasteiger partial charge in [0.25, 0.3) is 0 Å². The van der Waals surface area contributed by atoms with E-state index in [1.165, 1.54) is 5.56 Å². The van der Waals surface area contributed by atoms with E-state index in [9.17, 15) is 4.79 Å². The van der Waals surface area contributed by atoms with E-state index in [2.05, 4.69) is 29.4 Å². The Hall–Kier alpha value is -2.93. The van der Waals surface area contributed by atoms with Crippen LogP contribution in [0.3, 0.4) is 0 Å². The first-order valence-electron chi connectivity index (χ1n) is 8.67. The Labute approximate surface area is 163 Å². The number of amides is 1. The predicted molar refractivity (Wildman–Crippen MR) is 109 cm³/mol. The highest BCUT2D eigenvalue weighted by Crippen LogP contribution is 2.22. The summed E-state index contributed by atoms with van der Waals surface area (Å²) in [6.45, 7) is 4.31. The minimum atomic E-state index is -0.164. The summed E-state index contributed by atoms with van der Waals surface area (Å²) in [5.41, 5.74) is 2.79. The second-order valence-corrected chi connectivity index (χ2v) is 6.88. The molecule has 1 amide bonds. The average molecular weight is 382 g/mol. The Bertz CT molecular complexity index is 990. The number of ether oxygens (including phenoxy) is 1. The third-order valence-electron chi connectivity index (χ3n) is 4.25. The molecule has 0 fully saturated rings. The fourth-order valence-electron chi connectivity index (χ4n) is 2.74. The van der Waals surface area contributed by atoms with Crippen LogP contribution in [0, 0.1) is 4.77 Å². The van der Waals surface area contributed by atoms with Crippen molar-refractivity contribution in [1.82, 2.24) is 14.8 Å². The highest BCUT2D eigenvalue weighted by molar-refractivity contribution is 7.71. The number of aromatic amines is 1. The average Bonchev–Trinajstić information content (AvgIpc) is 3.02. The first-order valence-corrected chi connectivity index (χ1v) is 9.08. The number of H-pyrrole nitrogens is 1. The smallest absolute Gasteiger partial charge is 0.244 e. The summed E-state index contributed by atoms with van der Waals surface area (Å²) >= 11 is 5.30. The summed E-state index contributed by atoms with van der Waals surface area (Å²) in [4.78, 5) is 12.6. The Kier molecular flexibility index (Phi) is 5.71. The number of hydrogen-bond acceptors (Lipinski definition) is 4. The monoisotopic (exact) mass is 382 g/mol. The number of carbonyl (C=O) groups is 1. The molecule has 0 aliphatic rings. The van der Waals surface area contributed by atoms with Gasteiger partial charge in [0.1, 0.15) is 12.3 Å². The van der Waals surface area contributed by atoms with E-state index in [4.69, 9.17) is 17.0 Å². The molecule has 2 N–H and O–H groups in total. The molecule has 1 aromatic heterocycles. The molecule has 0 bridgehead atoms. The van der Waals surface area contributed by atoms with E-state index >= 15 is 0 Å². The number of methoxy groups -OCH3 is 1. The van der Waals surface area contributed by atoms with Crippen LogP contribution < -0.4 is 10.1 Å². The van der Waals surface area contributed by atoms with Gasteiger partial charge in [0.2, 0.25) is 5.91 Å². The molecule has 3 rings (SSSR count). The third kappa shape index (κ3) is 4.43. The molecule has 0 aliphatic heterocycles.